The van der Waals surface area contributed by atoms with E-state index in [1.807, 2.05) is 24.3 Å². The molecule has 1 fully saturated rings. The number of aliphatic hydroxyl groups excluding tert-OH is 1. The third kappa shape index (κ3) is 5.66. The van der Waals surface area contributed by atoms with E-state index in [2.05, 4.69) is 10.6 Å². The molecule has 0 radical (unpaired) electrons. The number of benzene rings is 2. The average Bonchev–Trinajstić information content (AvgIpc) is 3.64. The number of anilines is 1. The summed E-state index contributed by atoms with van der Waals surface area (Å²) in [6.45, 7) is 0.761. The molecule has 1 aliphatic heterocycles. The van der Waals surface area contributed by atoms with E-state index in [1.165, 1.54) is 20.3 Å². The summed E-state index contributed by atoms with van der Waals surface area (Å²) < 4.78 is 13.2. The molecule has 0 bridgehead atoms. The maximum Gasteiger partial charge on any atom is 0.330 e. The van der Waals surface area contributed by atoms with Gasteiger partial charge in [-0.3, -0.25) is 14.2 Å². The molecule has 6 rings (SSSR count). The fraction of sp³-hybridized carbons (Fsp3) is 0.312. The second-order valence-electron chi connectivity index (χ2n) is 11.1. The van der Waals surface area contributed by atoms with E-state index in [-0.39, 0.29) is 28.4 Å². The molecule has 45 heavy (non-hydrogen) atoms. The van der Waals surface area contributed by atoms with Gasteiger partial charge in [0.15, 0.2) is 0 Å². The van der Waals surface area contributed by atoms with E-state index in [1.54, 1.807) is 25.3 Å². The average molecular weight is 653 g/mol. The van der Waals surface area contributed by atoms with Crippen LogP contribution in [0.4, 0.5) is 5.69 Å². The minimum Gasteiger partial charge on any atom is -0.481 e. The summed E-state index contributed by atoms with van der Waals surface area (Å²) in [7, 11) is 4.35. The smallest absolute Gasteiger partial charge is 0.330 e. The highest BCUT2D eigenvalue weighted by Crippen LogP contribution is 2.44. The molecule has 1 saturated heterocycles. The largest absolute Gasteiger partial charge is 0.481 e. The van der Waals surface area contributed by atoms with Gasteiger partial charge in [0.25, 0.3) is 11.5 Å². The third-order valence-corrected chi connectivity index (χ3v) is 9.14. The van der Waals surface area contributed by atoms with Crippen molar-refractivity contribution in [3.05, 3.63) is 96.2 Å². The number of hydrogen-bond acceptors (Lipinski definition) is 8. The molecule has 11 nitrogen and oxygen atoms in total. The van der Waals surface area contributed by atoms with Gasteiger partial charge in [0.2, 0.25) is 5.88 Å². The van der Waals surface area contributed by atoms with Crippen molar-refractivity contribution in [2.45, 2.75) is 31.0 Å². The Hall–Kier alpha value is -4.00. The third-order valence-electron chi connectivity index (χ3n) is 8.32. The molecule has 3 atom stereocenters. The minimum atomic E-state index is -0.719. The van der Waals surface area contributed by atoms with Gasteiger partial charge in [-0.1, -0.05) is 53.5 Å². The van der Waals surface area contributed by atoms with Gasteiger partial charge in [-0.2, -0.15) is 0 Å². The van der Waals surface area contributed by atoms with Crippen molar-refractivity contribution in [3.8, 4) is 28.3 Å². The summed E-state index contributed by atoms with van der Waals surface area (Å²) in [4.78, 5) is 42.6. The Labute approximate surface area is 268 Å². The molecular weight excluding hydrogens is 621 g/mol. The highest BCUT2D eigenvalue weighted by atomic mass is 35.5. The van der Waals surface area contributed by atoms with E-state index in [0.717, 1.165) is 33.1 Å². The zero-order valence-electron chi connectivity index (χ0n) is 24.8. The number of aliphatic hydroxyl groups is 1. The van der Waals surface area contributed by atoms with E-state index in [4.69, 9.17) is 37.7 Å². The molecule has 2 aliphatic rings. The fourth-order valence-corrected chi connectivity index (χ4v) is 6.55. The highest BCUT2D eigenvalue weighted by Gasteiger charge is 2.34. The maximum atomic E-state index is 13.1. The van der Waals surface area contributed by atoms with Gasteiger partial charge in [0.05, 0.1) is 53.9 Å². The monoisotopic (exact) mass is 651 g/mol. The summed E-state index contributed by atoms with van der Waals surface area (Å²) in [5.74, 6) is -0.220. The Balaban J connectivity index is 1.32. The van der Waals surface area contributed by atoms with Gasteiger partial charge in [-0.05, 0) is 30.5 Å². The van der Waals surface area contributed by atoms with Crippen LogP contribution in [0.2, 0.25) is 10.0 Å². The van der Waals surface area contributed by atoms with Crippen LogP contribution in [0.1, 0.15) is 33.9 Å². The number of ether oxygens (including phenoxy) is 2. The Morgan fingerprint density at radius 1 is 1.07 bits per heavy atom. The second kappa shape index (κ2) is 12.4. The van der Waals surface area contributed by atoms with Gasteiger partial charge in [0, 0.05) is 48.6 Å². The van der Waals surface area contributed by atoms with E-state index in [0.29, 0.717) is 46.5 Å². The summed E-state index contributed by atoms with van der Waals surface area (Å²) in [6.07, 6.45) is 2.26. The number of hydrogen-bond donors (Lipinski definition) is 3. The molecule has 4 aromatic rings. The number of fused-ring (bicyclic) bond motifs is 1. The molecule has 3 heterocycles. The predicted octanol–water partition coefficient (Wildman–Crippen LogP) is 3.72. The number of amides is 1. The number of aryl methyl sites for hydroxylation is 2. The van der Waals surface area contributed by atoms with Crippen molar-refractivity contribution in [3.63, 3.8) is 0 Å². The summed E-state index contributed by atoms with van der Waals surface area (Å²) in [6, 6.07) is 12.5. The molecule has 1 aliphatic carbocycles. The lowest BCUT2D eigenvalue weighted by Gasteiger charge is -2.22. The normalized spacial score (nSPS) is 19.0. The summed E-state index contributed by atoms with van der Waals surface area (Å²) >= 11 is 13.8. The van der Waals surface area contributed by atoms with Crippen LogP contribution in [0, 0.1) is 0 Å². The zero-order valence-corrected chi connectivity index (χ0v) is 26.3. The van der Waals surface area contributed by atoms with Crippen LogP contribution in [0.15, 0.2) is 58.3 Å². The number of carbonyl (C=O) groups excluding carboxylic acids is 1. The van der Waals surface area contributed by atoms with Gasteiger partial charge in [-0.25, -0.2) is 9.78 Å². The first-order valence-electron chi connectivity index (χ1n) is 14.3. The number of methoxy groups -OCH3 is 1. The van der Waals surface area contributed by atoms with Gasteiger partial charge < -0.3 is 29.8 Å². The molecule has 234 valence electrons. The van der Waals surface area contributed by atoms with E-state index < -0.39 is 23.3 Å². The Bertz CT molecular complexity index is 1940. The number of pyridine rings is 1. The number of aromatic nitrogens is 3. The van der Waals surface area contributed by atoms with Crippen molar-refractivity contribution >= 4 is 34.8 Å². The van der Waals surface area contributed by atoms with Crippen molar-refractivity contribution in [1.82, 2.24) is 19.4 Å². The van der Waals surface area contributed by atoms with Crippen molar-refractivity contribution in [2.24, 2.45) is 14.1 Å². The molecule has 0 saturated carbocycles. The van der Waals surface area contributed by atoms with Crippen LogP contribution in [-0.2, 0) is 25.3 Å². The van der Waals surface area contributed by atoms with Crippen LogP contribution in [-0.4, -0.2) is 57.6 Å². The Morgan fingerprint density at radius 3 is 2.49 bits per heavy atom. The van der Waals surface area contributed by atoms with Crippen LogP contribution < -0.4 is 26.6 Å². The number of nitrogens with zero attached hydrogens (tertiary/aromatic N) is 3. The van der Waals surface area contributed by atoms with Gasteiger partial charge in [-0.15, -0.1) is 0 Å². The Kier molecular flexibility index (Phi) is 8.55. The van der Waals surface area contributed by atoms with Gasteiger partial charge >= 0.3 is 5.69 Å². The van der Waals surface area contributed by atoms with Crippen LogP contribution >= 0.6 is 23.2 Å². The van der Waals surface area contributed by atoms with Crippen LogP contribution in [0.25, 0.3) is 22.4 Å². The topological polar surface area (TPSA) is 137 Å². The van der Waals surface area contributed by atoms with Crippen molar-refractivity contribution in [1.29, 1.82) is 0 Å². The standard InChI is InChI=1S/C32H31Cl2N5O6/c1-38-13-20(31(42)39(2)32(38)43)29(41)36-22-9-5-7-18(28(22)34)17-6-4-8-19(27(17)33)23-12-16-10-11-21(26(16)30(37-23)44-3)35-24-14-45-15-25(24)40/h4-9,12-13,21,24-25,35,40H,10-11,14-15H2,1-3H3,(H,36,41)/t21?,24?,25-/m0/s1. The number of rotatable bonds is 7. The molecule has 2 aromatic carbocycles. The number of halogens is 2. The van der Waals surface area contributed by atoms with Crippen molar-refractivity contribution in [2.75, 3.05) is 25.6 Å². The number of nitrogens with one attached hydrogen (secondary N) is 2. The van der Waals surface area contributed by atoms with Gasteiger partial charge in [0.1, 0.15) is 5.56 Å². The van der Waals surface area contributed by atoms with Crippen LogP contribution in [0.3, 0.4) is 0 Å². The molecule has 3 N–H and O–H groups in total. The zero-order chi connectivity index (χ0) is 32.0. The first kappa shape index (κ1) is 31.0. The SMILES string of the molecule is COc1nc(-c2cccc(-c3cccc(NC(=O)c4cn(C)c(=O)n(C)c4=O)c3Cl)c2Cl)cc2c1C(NC1COC[C@@H]1O)CC2. The first-order valence-corrected chi connectivity index (χ1v) is 15.1. The maximum absolute atomic E-state index is 13.1. The van der Waals surface area contributed by atoms with Crippen molar-refractivity contribution < 1.29 is 19.4 Å². The molecule has 0 spiro atoms. The molecule has 2 aromatic heterocycles. The van der Waals surface area contributed by atoms with E-state index in [9.17, 15) is 19.5 Å². The van der Waals surface area contributed by atoms with E-state index >= 15 is 0 Å². The lowest BCUT2D eigenvalue weighted by atomic mass is 9.99. The Morgan fingerprint density at radius 2 is 1.78 bits per heavy atom. The quantitative estimate of drug-likeness (QED) is 0.275. The molecule has 13 heteroatoms. The first-order chi connectivity index (χ1) is 21.6. The second-order valence-corrected chi connectivity index (χ2v) is 11.9. The lowest BCUT2D eigenvalue weighted by molar-refractivity contribution is 0.102. The molecular formula is C32H31Cl2N5O6. The highest BCUT2D eigenvalue weighted by molar-refractivity contribution is 6.39. The summed E-state index contributed by atoms with van der Waals surface area (Å²) in [5, 5.41) is 17.1. The minimum absolute atomic E-state index is 0.0302. The lowest BCUT2D eigenvalue weighted by Crippen LogP contribution is -2.40. The molecule has 2 unspecified atom stereocenters. The summed E-state index contributed by atoms with van der Waals surface area (Å²) in [5.41, 5.74) is 3.32. The predicted molar refractivity (Wildman–Crippen MR) is 171 cm³/mol. The van der Waals surface area contributed by atoms with Crippen LogP contribution in [0.5, 0.6) is 5.88 Å². The molecule has 1 amide bonds. The number of carbonyl (C=O) groups is 1. The fourth-order valence-electron chi connectivity index (χ4n) is 5.95.